The van der Waals surface area contributed by atoms with Crippen LogP contribution in [0.4, 0.5) is 0 Å². The second-order valence-electron chi connectivity index (χ2n) is 20.1. The summed E-state index contributed by atoms with van der Waals surface area (Å²) in [7, 11) is 0. The monoisotopic (exact) mass is 1000 g/mol. The van der Waals surface area contributed by atoms with Crippen LogP contribution in [0.15, 0.2) is 12.2 Å². The van der Waals surface area contributed by atoms with Gasteiger partial charge in [-0.15, -0.1) is 0 Å². The van der Waals surface area contributed by atoms with E-state index in [4.69, 9.17) is 28.4 Å². The van der Waals surface area contributed by atoms with Gasteiger partial charge in [-0.3, -0.25) is 9.59 Å². The standard InChI is InChI=1S/C55H102O15/c1-3-5-7-9-11-13-15-17-19-20-21-22-24-25-27-29-31-33-35-37-46(57)65-40-43(68-47(58)38-36-34-32-30-28-26-23-18-16-14-12-10-8-6-4-2)41-66-54-53(64)51(62)49(60)45(70-54)42-67-55-52(63)50(61)48(59)44(39-56)69-55/h14,16,43-45,48-56,59-64H,3-13,15,17-42H2,1-2H3/b16-14+/t43-,44+,45+,48-,49-,50?,51?,52?,53?,54+,55+/m0/s1. The van der Waals surface area contributed by atoms with Gasteiger partial charge in [0.15, 0.2) is 18.7 Å². The van der Waals surface area contributed by atoms with Crippen molar-refractivity contribution in [1.82, 2.24) is 0 Å². The van der Waals surface area contributed by atoms with Gasteiger partial charge in [-0.2, -0.15) is 0 Å². The first kappa shape index (κ1) is 64.4. The highest BCUT2D eigenvalue weighted by atomic mass is 16.7. The lowest BCUT2D eigenvalue weighted by molar-refractivity contribution is -0.332. The van der Waals surface area contributed by atoms with Crippen molar-refractivity contribution in [2.45, 2.75) is 300 Å². The van der Waals surface area contributed by atoms with Crippen molar-refractivity contribution in [3.8, 4) is 0 Å². The molecule has 0 spiro atoms. The highest BCUT2D eigenvalue weighted by Gasteiger charge is 2.47. The van der Waals surface area contributed by atoms with Crippen LogP contribution in [0.3, 0.4) is 0 Å². The van der Waals surface area contributed by atoms with Crippen LogP contribution in [0, 0.1) is 0 Å². The lowest BCUT2D eigenvalue weighted by atomic mass is 9.98. The number of hydrogen-bond donors (Lipinski definition) is 7. The van der Waals surface area contributed by atoms with E-state index in [-0.39, 0.29) is 26.1 Å². The van der Waals surface area contributed by atoms with Crippen LogP contribution in [-0.2, 0) is 38.0 Å². The molecular formula is C55H102O15. The van der Waals surface area contributed by atoms with Gasteiger partial charge in [-0.25, -0.2) is 0 Å². The van der Waals surface area contributed by atoms with E-state index in [2.05, 4.69) is 26.0 Å². The third kappa shape index (κ3) is 29.8. The minimum atomic E-state index is -1.76. The molecule has 15 heteroatoms. The molecule has 2 saturated heterocycles. The van der Waals surface area contributed by atoms with Crippen LogP contribution in [-0.4, -0.2) is 142 Å². The van der Waals surface area contributed by atoms with E-state index >= 15 is 0 Å². The Hall–Kier alpha value is -1.76. The van der Waals surface area contributed by atoms with Crippen molar-refractivity contribution in [3.63, 3.8) is 0 Å². The number of aliphatic hydroxyl groups excluding tert-OH is 7. The first-order valence-electron chi connectivity index (χ1n) is 28.3. The summed E-state index contributed by atoms with van der Waals surface area (Å²) in [5.41, 5.74) is 0. The van der Waals surface area contributed by atoms with Crippen LogP contribution < -0.4 is 0 Å². The predicted octanol–water partition coefficient (Wildman–Crippen LogP) is 8.94. The molecule has 0 aromatic rings. The van der Waals surface area contributed by atoms with Crippen molar-refractivity contribution >= 4 is 11.9 Å². The summed E-state index contributed by atoms with van der Waals surface area (Å²) in [5.74, 6) is -0.916. The molecule has 412 valence electrons. The third-order valence-electron chi connectivity index (χ3n) is 13.7. The topological polar surface area (TPSA) is 231 Å². The highest BCUT2D eigenvalue weighted by molar-refractivity contribution is 5.70. The molecule has 2 aliphatic heterocycles. The molecule has 0 bridgehead atoms. The van der Waals surface area contributed by atoms with Crippen LogP contribution in [0.25, 0.3) is 0 Å². The van der Waals surface area contributed by atoms with E-state index in [0.29, 0.717) is 12.8 Å². The van der Waals surface area contributed by atoms with E-state index in [1.165, 1.54) is 141 Å². The average Bonchev–Trinajstić information content (AvgIpc) is 3.35. The molecule has 11 atom stereocenters. The quantitative estimate of drug-likeness (QED) is 0.0172. The van der Waals surface area contributed by atoms with Gasteiger partial charge in [0.25, 0.3) is 0 Å². The first-order valence-corrected chi connectivity index (χ1v) is 28.3. The van der Waals surface area contributed by atoms with Crippen molar-refractivity contribution in [2.24, 2.45) is 0 Å². The fourth-order valence-electron chi connectivity index (χ4n) is 9.10. The summed E-state index contributed by atoms with van der Waals surface area (Å²) < 4.78 is 33.7. The summed E-state index contributed by atoms with van der Waals surface area (Å²) in [6.45, 7) is 2.62. The molecule has 2 fully saturated rings. The zero-order valence-electron chi connectivity index (χ0n) is 43.8. The number of unbranched alkanes of at least 4 members (excludes halogenated alkanes) is 29. The van der Waals surface area contributed by atoms with E-state index < -0.39 is 92.7 Å². The van der Waals surface area contributed by atoms with Crippen LogP contribution >= 0.6 is 0 Å². The van der Waals surface area contributed by atoms with E-state index in [1.54, 1.807) is 0 Å². The first-order chi connectivity index (χ1) is 34.0. The SMILES string of the molecule is CCCCCC/C=C/CCCCCCCCCC(=O)O[C@@H](COC(=O)CCCCCCCCCCCCCCCCCCCCC)CO[C@@H]1O[C@H](CO[C@@H]2O[C@H](CO)[C@H](O)C(O)C2O)[C@H](O)C(O)C1O. The summed E-state index contributed by atoms with van der Waals surface area (Å²) in [6.07, 6.45) is 26.6. The van der Waals surface area contributed by atoms with Gasteiger partial charge in [0.05, 0.1) is 19.8 Å². The maximum Gasteiger partial charge on any atom is 0.306 e. The second kappa shape index (κ2) is 42.6. The van der Waals surface area contributed by atoms with Crippen LogP contribution in [0.2, 0.25) is 0 Å². The Morgan fingerprint density at radius 3 is 1.27 bits per heavy atom. The van der Waals surface area contributed by atoms with Crippen LogP contribution in [0.1, 0.15) is 232 Å². The predicted molar refractivity (Wildman–Crippen MR) is 271 cm³/mol. The molecule has 2 rings (SSSR count). The zero-order valence-corrected chi connectivity index (χ0v) is 43.8. The van der Waals surface area contributed by atoms with Gasteiger partial charge in [0, 0.05) is 12.8 Å². The largest absolute Gasteiger partial charge is 0.462 e. The molecule has 15 nitrogen and oxygen atoms in total. The third-order valence-corrected chi connectivity index (χ3v) is 13.7. The minimum absolute atomic E-state index is 0.164. The number of ether oxygens (including phenoxy) is 6. The lowest BCUT2D eigenvalue weighted by Crippen LogP contribution is -2.61. The summed E-state index contributed by atoms with van der Waals surface area (Å²) in [4.78, 5) is 25.8. The minimum Gasteiger partial charge on any atom is -0.462 e. The molecule has 70 heavy (non-hydrogen) atoms. The molecular weight excluding hydrogens is 901 g/mol. The molecule has 7 N–H and O–H groups in total. The molecule has 0 aromatic carbocycles. The van der Waals surface area contributed by atoms with Crippen LogP contribution in [0.5, 0.6) is 0 Å². The van der Waals surface area contributed by atoms with Gasteiger partial charge in [0.1, 0.15) is 55.4 Å². The Morgan fingerprint density at radius 1 is 0.443 bits per heavy atom. The summed E-state index contributed by atoms with van der Waals surface area (Å²) in [5, 5.41) is 72.2. The maximum absolute atomic E-state index is 13.0. The lowest BCUT2D eigenvalue weighted by Gasteiger charge is -2.42. The Balaban J connectivity index is 1.76. The fourth-order valence-corrected chi connectivity index (χ4v) is 9.10. The molecule has 0 saturated carbocycles. The smallest absolute Gasteiger partial charge is 0.306 e. The van der Waals surface area contributed by atoms with E-state index in [0.717, 1.165) is 51.4 Å². The normalized spacial score (nSPS) is 25.4. The number of carbonyl (C=O) groups is 2. The van der Waals surface area contributed by atoms with Gasteiger partial charge < -0.3 is 64.2 Å². The Morgan fingerprint density at radius 2 is 0.814 bits per heavy atom. The Labute approximate surface area is 422 Å². The van der Waals surface area contributed by atoms with E-state index in [9.17, 15) is 45.3 Å². The Kier molecular flexibility index (Phi) is 39.1. The van der Waals surface area contributed by atoms with Crippen molar-refractivity contribution < 1.29 is 73.8 Å². The van der Waals surface area contributed by atoms with Gasteiger partial charge in [0.2, 0.25) is 0 Å². The number of rotatable bonds is 45. The molecule has 4 unspecified atom stereocenters. The zero-order chi connectivity index (χ0) is 51.0. The van der Waals surface area contributed by atoms with Crippen molar-refractivity contribution in [2.75, 3.05) is 26.4 Å². The fraction of sp³-hybridized carbons (Fsp3) is 0.927. The van der Waals surface area contributed by atoms with Gasteiger partial charge in [-0.05, 0) is 38.5 Å². The maximum atomic E-state index is 13.0. The second-order valence-corrected chi connectivity index (χ2v) is 20.1. The Bertz CT molecular complexity index is 1270. The highest BCUT2D eigenvalue weighted by Crippen LogP contribution is 2.27. The number of aliphatic hydroxyl groups is 7. The molecule has 0 aliphatic carbocycles. The average molecular weight is 1000 g/mol. The number of carbonyl (C=O) groups excluding carboxylic acids is 2. The van der Waals surface area contributed by atoms with Gasteiger partial charge in [-0.1, -0.05) is 193 Å². The molecule has 0 radical (unpaired) electrons. The number of allylic oxidation sites excluding steroid dienone is 2. The van der Waals surface area contributed by atoms with Crippen molar-refractivity contribution in [1.29, 1.82) is 0 Å². The van der Waals surface area contributed by atoms with E-state index in [1.807, 2.05) is 0 Å². The molecule has 0 amide bonds. The molecule has 2 heterocycles. The number of esters is 2. The molecule has 0 aromatic heterocycles. The molecule has 2 aliphatic rings. The summed E-state index contributed by atoms with van der Waals surface area (Å²) >= 11 is 0. The van der Waals surface area contributed by atoms with Gasteiger partial charge >= 0.3 is 11.9 Å². The summed E-state index contributed by atoms with van der Waals surface area (Å²) in [6, 6.07) is 0. The number of hydrogen-bond acceptors (Lipinski definition) is 15. The van der Waals surface area contributed by atoms with Crippen molar-refractivity contribution in [3.05, 3.63) is 12.2 Å².